The van der Waals surface area contributed by atoms with Crippen molar-refractivity contribution >= 4 is 23.4 Å². The number of anilines is 2. The van der Waals surface area contributed by atoms with Crippen molar-refractivity contribution in [2.45, 2.75) is 39.3 Å². The highest BCUT2D eigenvalue weighted by Crippen LogP contribution is 2.40. The van der Waals surface area contributed by atoms with Gasteiger partial charge in [-0.05, 0) is 50.7 Å². The van der Waals surface area contributed by atoms with Crippen LogP contribution in [0.4, 0.5) is 11.8 Å². The molecule has 1 aromatic carbocycles. The van der Waals surface area contributed by atoms with Crippen LogP contribution in [-0.2, 0) is 6.54 Å². The van der Waals surface area contributed by atoms with E-state index in [1.54, 1.807) is 17.1 Å². The molecule has 5 rings (SSSR count). The van der Waals surface area contributed by atoms with Crippen LogP contribution in [0, 0.1) is 18.8 Å². The van der Waals surface area contributed by atoms with E-state index in [0.29, 0.717) is 47.2 Å². The standard InChI is InChI=1S/C22H26ClN7O/c1-3-30-22(31-18-7-5-4-6-17(18)23)27-21(28-30)26-20-15-8-9-16(20)12-29(11-15)19-10-14(2)24-13-25-19/h4-7,10,13,15-16,20H,3,8-9,11-12H2,1-2H3,(H,26,28)/t15-,16+,20+. The number of aromatic nitrogens is 5. The molecule has 2 bridgehead atoms. The van der Waals surface area contributed by atoms with Gasteiger partial charge in [0, 0.05) is 37.4 Å². The number of hydrogen-bond donors (Lipinski definition) is 1. The second-order valence-corrected chi connectivity index (χ2v) is 8.66. The van der Waals surface area contributed by atoms with Crippen LogP contribution in [0.1, 0.15) is 25.5 Å². The molecule has 0 amide bonds. The van der Waals surface area contributed by atoms with E-state index in [9.17, 15) is 0 Å². The fraction of sp³-hybridized carbons (Fsp3) is 0.455. The van der Waals surface area contributed by atoms with E-state index < -0.39 is 0 Å². The predicted octanol–water partition coefficient (Wildman–Crippen LogP) is 4.17. The van der Waals surface area contributed by atoms with Crippen LogP contribution in [0.15, 0.2) is 36.7 Å². The third kappa shape index (κ3) is 4.04. The first-order chi connectivity index (χ1) is 15.1. The lowest BCUT2D eigenvalue weighted by atomic mass is 9.92. The van der Waals surface area contributed by atoms with Crippen molar-refractivity contribution in [1.29, 1.82) is 0 Å². The SMILES string of the molecule is CCn1nc(N[C@H]2[C@@H]3CC[C@H]2CN(c2cc(C)ncn2)C3)nc1Oc1ccccc1Cl. The molecule has 0 spiro atoms. The Kier molecular flexibility index (Phi) is 5.40. The van der Waals surface area contributed by atoms with Gasteiger partial charge < -0.3 is 15.0 Å². The molecule has 31 heavy (non-hydrogen) atoms. The lowest BCUT2D eigenvalue weighted by molar-refractivity contribution is 0.374. The van der Waals surface area contributed by atoms with E-state index in [1.807, 2.05) is 32.0 Å². The number of halogens is 1. The van der Waals surface area contributed by atoms with Crippen LogP contribution >= 0.6 is 11.6 Å². The van der Waals surface area contributed by atoms with Crippen LogP contribution in [0.3, 0.4) is 0 Å². The monoisotopic (exact) mass is 439 g/mol. The summed E-state index contributed by atoms with van der Waals surface area (Å²) >= 11 is 6.24. The van der Waals surface area contributed by atoms with E-state index in [2.05, 4.69) is 36.3 Å². The van der Waals surface area contributed by atoms with E-state index >= 15 is 0 Å². The highest BCUT2D eigenvalue weighted by atomic mass is 35.5. The molecule has 1 aliphatic carbocycles. The van der Waals surface area contributed by atoms with E-state index in [4.69, 9.17) is 16.3 Å². The Bertz CT molecular complexity index is 1060. The Balaban J connectivity index is 1.31. The van der Waals surface area contributed by atoms with Gasteiger partial charge in [0.15, 0.2) is 0 Å². The molecule has 1 saturated heterocycles. The molecule has 2 aromatic heterocycles. The molecular weight excluding hydrogens is 414 g/mol. The molecule has 2 fully saturated rings. The summed E-state index contributed by atoms with van der Waals surface area (Å²) in [5, 5.41) is 8.78. The summed E-state index contributed by atoms with van der Waals surface area (Å²) in [6, 6.07) is 10.2. The lowest BCUT2D eigenvalue weighted by Crippen LogP contribution is -2.48. The number of para-hydroxylation sites is 1. The van der Waals surface area contributed by atoms with Crippen LogP contribution in [0.5, 0.6) is 11.8 Å². The zero-order valence-electron chi connectivity index (χ0n) is 17.7. The third-order valence-corrected chi connectivity index (χ3v) is 6.53. The highest BCUT2D eigenvalue weighted by Gasteiger charge is 2.43. The van der Waals surface area contributed by atoms with Crippen molar-refractivity contribution in [1.82, 2.24) is 24.7 Å². The summed E-state index contributed by atoms with van der Waals surface area (Å²) in [4.78, 5) is 15.7. The maximum Gasteiger partial charge on any atom is 0.322 e. The number of hydrogen-bond acceptors (Lipinski definition) is 7. The van der Waals surface area contributed by atoms with Crippen molar-refractivity contribution in [2.24, 2.45) is 11.8 Å². The molecule has 1 N–H and O–H groups in total. The molecule has 3 atom stereocenters. The van der Waals surface area contributed by atoms with Crippen molar-refractivity contribution < 1.29 is 4.74 Å². The van der Waals surface area contributed by atoms with Gasteiger partial charge in [0.2, 0.25) is 5.95 Å². The van der Waals surface area contributed by atoms with Gasteiger partial charge in [-0.15, -0.1) is 5.10 Å². The van der Waals surface area contributed by atoms with Crippen molar-refractivity contribution in [2.75, 3.05) is 23.3 Å². The van der Waals surface area contributed by atoms with Gasteiger partial charge in [0.25, 0.3) is 0 Å². The molecule has 162 valence electrons. The molecule has 1 saturated carbocycles. The van der Waals surface area contributed by atoms with E-state index in [0.717, 1.165) is 24.6 Å². The summed E-state index contributed by atoms with van der Waals surface area (Å²) in [6.45, 7) is 6.63. The second-order valence-electron chi connectivity index (χ2n) is 8.26. The Labute approximate surface area is 186 Å². The summed E-state index contributed by atoms with van der Waals surface area (Å²) in [5.74, 6) is 3.25. The minimum Gasteiger partial charge on any atom is -0.423 e. The van der Waals surface area contributed by atoms with Crippen LogP contribution in [0.25, 0.3) is 0 Å². The Morgan fingerprint density at radius 2 is 1.94 bits per heavy atom. The molecule has 0 unspecified atom stereocenters. The summed E-state index contributed by atoms with van der Waals surface area (Å²) < 4.78 is 7.71. The van der Waals surface area contributed by atoms with Crippen molar-refractivity contribution in [3.63, 3.8) is 0 Å². The summed E-state index contributed by atoms with van der Waals surface area (Å²) in [5.41, 5.74) is 0.998. The van der Waals surface area contributed by atoms with Crippen LogP contribution in [0.2, 0.25) is 5.02 Å². The largest absolute Gasteiger partial charge is 0.423 e. The van der Waals surface area contributed by atoms with E-state index in [1.165, 1.54) is 12.8 Å². The zero-order chi connectivity index (χ0) is 21.4. The fourth-order valence-corrected chi connectivity index (χ4v) is 4.88. The fourth-order valence-electron chi connectivity index (χ4n) is 4.70. The Morgan fingerprint density at radius 1 is 1.16 bits per heavy atom. The minimum absolute atomic E-state index is 0.347. The van der Waals surface area contributed by atoms with Gasteiger partial charge in [-0.1, -0.05) is 23.7 Å². The predicted molar refractivity (Wildman–Crippen MR) is 120 cm³/mol. The first-order valence-electron chi connectivity index (χ1n) is 10.8. The smallest absolute Gasteiger partial charge is 0.322 e. The molecule has 9 heteroatoms. The number of rotatable bonds is 6. The summed E-state index contributed by atoms with van der Waals surface area (Å²) in [7, 11) is 0. The number of aryl methyl sites for hydroxylation is 2. The topological polar surface area (TPSA) is 81.0 Å². The molecule has 3 heterocycles. The van der Waals surface area contributed by atoms with Crippen molar-refractivity contribution in [3.05, 3.63) is 47.4 Å². The second kappa shape index (κ2) is 8.34. The number of nitrogens with one attached hydrogen (secondary N) is 1. The van der Waals surface area contributed by atoms with Crippen LogP contribution < -0.4 is 15.0 Å². The zero-order valence-corrected chi connectivity index (χ0v) is 18.5. The van der Waals surface area contributed by atoms with Gasteiger partial charge in [0.05, 0.1) is 5.02 Å². The first-order valence-corrected chi connectivity index (χ1v) is 11.2. The van der Waals surface area contributed by atoms with Crippen LogP contribution in [-0.4, -0.2) is 43.9 Å². The van der Waals surface area contributed by atoms with Gasteiger partial charge in [-0.3, -0.25) is 0 Å². The number of nitrogens with zero attached hydrogens (tertiary/aromatic N) is 6. The average molecular weight is 440 g/mol. The first kappa shape index (κ1) is 20.1. The maximum atomic E-state index is 6.24. The Hall–Kier alpha value is -2.87. The van der Waals surface area contributed by atoms with E-state index in [-0.39, 0.29) is 0 Å². The third-order valence-electron chi connectivity index (χ3n) is 6.22. The maximum absolute atomic E-state index is 6.24. The average Bonchev–Trinajstić information content (AvgIpc) is 3.25. The normalized spacial score (nSPS) is 22.5. The van der Waals surface area contributed by atoms with Gasteiger partial charge in [0.1, 0.15) is 17.9 Å². The number of ether oxygens (including phenoxy) is 1. The molecule has 3 aromatic rings. The van der Waals surface area contributed by atoms with Crippen molar-refractivity contribution in [3.8, 4) is 11.8 Å². The van der Waals surface area contributed by atoms with Gasteiger partial charge in [-0.25, -0.2) is 14.6 Å². The minimum atomic E-state index is 0.347. The molecule has 8 nitrogen and oxygen atoms in total. The number of fused-ring (bicyclic) bond motifs is 2. The van der Waals surface area contributed by atoms with Gasteiger partial charge >= 0.3 is 6.01 Å². The lowest BCUT2D eigenvalue weighted by Gasteiger charge is -2.38. The quantitative estimate of drug-likeness (QED) is 0.617. The number of piperidine rings is 1. The molecule has 2 aliphatic rings. The Morgan fingerprint density at radius 3 is 2.65 bits per heavy atom. The summed E-state index contributed by atoms with van der Waals surface area (Å²) in [6.07, 6.45) is 4.04. The highest BCUT2D eigenvalue weighted by molar-refractivity contribution is 6.32. The number of benzene rings is 1. The molecule has 1 aliphatic heterocycles. The molecule has 0 radical (unpaired) electrons. The van der Waals surface area contributed by atoms with Gasteiger partial charge in [-0.2, -0.15) is 4.98 Å². The molecular formula is C22H26ClN7O.